The predicted octanol–water partition coefficient (Wildman–Crippen LogP) is 2.80. The zero-order valence-corrected chi connectivity index (χ0v) is 16.1. The van der Waals surface area contributed by atoms with Crippen LogP contribution in [0.2, 0.25) is 0 Å². The maximum absolute atomic E-state index is 12.8. The highest BCUT2D eigenvalue weighted by Crippen LogP contribution is 2.20. The fraction of sp³-hybridized carbons (Fsp3) is 0.250. The van der Waals surface area contributed by atoms with Crippen LogP contribution in [-0.4, -0.2) is 42.0 Å². The molecular formula is C20H21N3O3S. The van der Waals surface area contributed by atoms with Gasteiger partial charge in [-0.1, -0.05) is 42.1 Å². The number of rotatable bonds is 7. The number of hydrogen-bond donors (Lipinski definition) is 0. The summed E-state index contributed by atoms with van der Waals surface area (Å²) in [6.45, 7) is 0.781. The van der Waals surface area contributed by atoms with Gasteiger partial charge in [0.05, 0.1) is 29.8 Å². The van der Waals surface area contributed by atoms with Crippen molar-refractivity contribution in [2.75, 3.05) is 31.4 Å². The molecule has 0 saturated carbocycles. The van der Waals surface area contributed by atoms with Crippen molar-refractivity contribution in [2.24, 2.45) is 0 Å². The summed E-state index contributed by atoms with van der Waals surface area (Å²) in [4.78, 5) is 31.6. The van der Waals surface area contributed by atoms with E-state index in [-0.39, 0.29) is 17.2 Å². The van der Waals surface area contributed by atoms with E-state index in [0.717, 1.165) is 5.69 Å². The first kappa shape index (κ1) is 19.1. The Bertz CT molecular complexity index is 989. The molecule has 3 rings (SSSR count). The SMILES string of the molecule is COCCn1c(SCC(=O)N(C)c2ccccc2)nc2ccccc2c1=O. The largest absolute Gasteiger partial charge is 0.383 e. The van der Waals surface area contributed by atoms with E-state index in [2.05, 4.69) is 4.98 Å². The maximum Gasteiger partial charge on any atom is 0.262 e. The molecule has 0 radical (unpaired) electrons. The number of benzene rings is 2. The minimum Gasteiger partial charge on any atom is -0.383 e. The molecule has 140 valence electrons. The number of carbonyl (C=O) groups is 1. The fourth-order valence-electron chi connectivity index (χ4n) is 2.66. The number of ether oxygens (including phenoxy) is 1. The Balaban J connectivity index is 1.85. The van der Waals surface area contributed by atoms with Crippen LogP contribution in [0, 0.1) is 0 Å². The zero-order valence-electron chi connectivity index (χ0n) is 15.3. The number of fused-ring (bicyclic) bond motifs is 1. The van der Waals surface area contributed by atoms with Crippen LogP contribution < -0.4 is 10.5 Å². The summed E-state index contributed by atoms with van der Waals surface area (Å²) in [5.74, 6) is 0.121. The molecule has 0 N–H and O–H groups in total. The van der Waals surface area contributed by atoms with Crippen LogP contribution in [0.5, 0.6) is 0 Å². The molecule has 7 heteroatoms. The van der Waals surface area contributed by atoms with Crippen molar-refractivity contribution in [1.29, 1.82) is 0 Å². The van der Waals surface area contributed by atoms with Gasteiger partial charge >= 0.3 is 0 Å². The summed E-state index contributed by atoms with van der Waals surface area (Å²) in [5.41, 5.74) is 1.33. The van der Waals surface area contributed by atoms with Gasteiger partial charge in [-0.15, -0.1) is 0 Å². The van der Waals surface area contributed by atoms with Crippen LogP contribution in [0.3, 0.4) is 0 Å². The normalized spacial score (nSPS) is 10.9. The average Bonchev–Trinajstić information content (AvgIpc) is 2.71. The number of amides is 1. The second-order valence-electron chi connectivity index (χ2n) is 5.94. The molecule has 3 aromatic rings. The molecule has 0 fully saturated rings. The lowest BCUT2D eigenvalue weighted by Crippen LogP contribution is -2.29. The Morgan fingerprint density at radius 3 is 2.59 bits per heavy atom. The molecular weight excluding hydrogens is 362 g/mol. The Labute approximate surface area is 161 Å². The minimum absolute atomic E-state index is 0.0631. The van der Waals surface area contributed by atoms with Crippen LogP contribution >= 0.6 is 11.8 Å². The van der Waals surface area contributed by atoms with Crippen LogP contribution in [0.15, 0.2) is 64.5 Å². The molecule has 6 nitrogen and oxygen atoms in total. The quantitative estimate of drug-likeness (QED) is 0.464. The topological polar surface area (TPSA) is 64.4 Å². The first-order chi connectivity index (χ1) is 13.1. The lowest BCUT2D eigenvalue weighted by Gasteiger charge is -2.18. The molecule has 0 aliphatic carbocycles. The standard InChI is InChI=1S/C20H21N3O3S/c1-22(15-8-4-3-5-9-15)18(24)14-27-20-21-17-11-7-6-10-16(17)19(25)23(20)12-13-26-2/h3-11H,12-14H2,1-2H3. The molecule has 2 aromatic carbocycles. The second kappa shape index (κ2) is 8.83. The zero-order chi connectivity index (χ0) is 19.2. The molecule has 27 heavy (non-hydrogen) atoms. The van der Waals surface area contributed by atoms with Crippen molar-refractivity contribution >= 4 is 34.3 Å². The second-order valence-corrected chi connectivity index (χ2v) is 6.88. The molecule has 0 atom stereocenters. The Kier molecular flexibility index (Phi) is 6.26. The molecule has 0 unspecified atom stereocenters. The van der Waals surface area contributed by atoms with E-state index in [1.165, 1.54) is 11.8 Å². The average molecular weight is 383 g/mol. The van der Waals surface area contributed by atoms with Gasteiger partial charge in [0.2, 0.25) is 5.91 Å². The number of nitrogens with zero attached hydrogens (tertiary/aromatic N) is 3. The Morgan fingerprint density at radius 2 is 1.85 bits per heavy atom. The monoisotopic (exact) mass is 383 g/mol. The van der Waals surface area contributed by atoms with Crippen LogP contribution in [0.25, 0.3) is 10.9 Å². The van der Waals surface area contributed by atoms with E-state index in [9.17, 15) is 9.59 Å². The third-order valence-electron chi connectivity index (χ3n) is 4.19. The van der Waals surface area contributed by atoms with Crippen LogP contribution in [0.1, 0.15) is 0 Å². The number of para-hydroxylation sites is 2. The molecule has 1 heterocycles. The highest BCUT2D eigenvalue weighted by atomic mass is 32.2. The van der Waals surface area contributed by atoms with Gasteiger partial charge in [0, 0.05) is 19.8 Å². The summed E-state index contributed by atoms with van der Waals surface area (Å²) < 4.78 is 6.69. The summed E-state index contributed by atoms with van der Waals surface area (Å²) in [5, 5.41) is 1.08. The molecule has 0 aliphatic rings. The van der Waals surface area contributed by atoms with Gasteiger partial charge in [0.1, 0.15) is 0 Å². The molecule has 0 spiro atoms. The maximum atomic E-state index is 12.8. The summed E-state index contributed by atoms with van der Waals surface area (Å²) in [6, 6.07) is 16.7. The smallest absolute Gasteiger partial charge is 0.262 e. The minimum atomic E-state index is -0.121. The molecule has 0 bridgehead atoms. The lowest BCUT2D eigenvalue weighted by atomic mass is 10.2. The van der Waals surface area contributed by atoms with Gasteiger partial charge in [0.25, 0.3) is 5.56 Å². The van der Waals surface area contributed by atoms with Gasteiger partial charge in [-0.05, 0) is 24.3 Å². The Morgan fingerprint density at radius 1 is 1.15 bits per heavy atom. The van der Waals surface area contributed by atoms with Crippen LogP contribution in [-0.2, 0) is 16.1 Å². The first-order valence-electron chi connectivity index (χ1n) is 8.54. The first-order valence-corrected chi connectivity index (χ1v) is 9.53. The number of thioether (sulfide) groups is 1. The van der Waals surface area contributed by atoms with E-state index in [1.54, 1.807) is 35.8 Å². The predicted molar refractivity (Wildman–Crippen MR) is 108 cm³/mol. The summed E-state index contributed by atoms with van der Waals surface area (Å²) in [6.07, 6.45) is 0. The van der Waals surface area contributed by atoms with Crippen molar-refractivity contribution in [3.05, 3.63) is 65.0 Å². The summed E-state index contributed by atoms with van der Waals surface area (Å²) >= 11 is 1.26. The number of carbonyl (C=O) groups excluding carboxylic acids is 1. The van der Waals surface area contributed by atoms with Crippen molar-refractivity contribution in [3.63, 3.8) is 0 Å². The number of anilines is 1. The third-order valence-corrected chi connectivity index (χ3v) is 5.15. The van der Waals surface area contributed by atoms with Crippen molar-refractivity contribution < 1.29 is 9.53 Å². The lowest BCUT2D eigenvalue weighted by molar-refractivity contribution is -0.115. The van der Waals surface area contributed by atoms with Crippen molar-refractivity contribution in [2.45, 2.75) is 11.7 Å². The van der Waals surface area contributed by atoms with E-state index < -0.39 is 0 Å². The molecule has 1 amide bonds. The van der Waals surface area contributed by atoms with E-state index in [1.807, 2.05) is 42.5 Å². The van der Waals surface area contributed by atoms with E-state index >= 15 is 0 Å². The van der Waals surface area contributed by atoms with Gasteiger partial charge in [-0.25, -0.2) is 4.98 Å². The summed E-state index contributed by atoms with van der Waals surface area (Å²) in [7, 11) is 3.33. The third kappa shape index (κ3) is 4.37. The van der Waals surface area contributed by atoms with Crippen molar-refractivity contribution in [1.82, 2.24) is 9.55 Å². The van der Waals surface area contributed by atoms with Gasteiger partial charge in [0.15, 0.2) is 5.16 Å². The van der Waals surface area contributed by atoms with E-state index in [4.69, 9.17) is 4.74 Å². The molecule has 1 aromatic heterocycles. The highest BCUT2D eigenvalue weighted by Gasteiger charge is 2.15. The number of methoxy groups -OCH3 is 1. The van der Waals surface area contributed by atoms with E-state index in [0.29, 0.717) is 29.2 Å². The van der Waals surface area contributed by atoms with Gasteiger partial charge < -0.3 is 9.64 Å². The van der Waals surface area contributed by atoms with Gasteiger partial charge in [-0.2, -0.15) is 0 Å². The highest BCUT2D eigenvalue weighted by molar-refractivity contribution is 7.99. The molecule has 0 saturated heterocycles. The van der Waals surface area contributed by atoms with Crippen molar-refractivity contribution in [3.8, 4) is 0 Å². The van der Waals surface area contributed by atoms with Crippen LogP contribution in [0.4, 0.5) is 5.69 Å². The van der Waals surface area contributed by atoms with Gasteiger partial charge in [-0.3, -0.25) is 14.2 Å². The molecule has 0 aliphatic heterocycles. The number of aromatic nitrogens is 2. The Hall–Kier alpha value is -2.64. The fourth-order valence-corrected chi connectivity index (χ4v) is 3.60. The number of hydrogen-bond acceptors (Lipinski definition) is 5.